The molecule has 3 rings (SSSR count). The van der Waals surface area contributed by atoms with Crippen LogP contribution < -0.4 is 21.3 Å². The third-order valence-corrected chi connectivity index (χ3v) is 7.65. The zero-order valence-corrected chi connectivity index (χ0v) is 27.0. The monoisotopic (exact) mass is 635 g/mol. The van der Waals surface area contributed by atoms with Crippen LogP contribution in [0, 0.1) is 12.3 Å². The van der Waals surface area contributed by atoms with Gasteiger partial charge in [-0.2, -0.15) is 0 Å². The lowest BCUT2D eigenvalue weighted by Gasteiger charge is -2.21. The summed E-state index contributed by atoms with van der Waals surface area (Å²) >= 11 is 0. The Morgan fingerprint density at radius 3 is 1.85 bits per heavy atom. The van der Waals surface area contributed by atoms with Crippen LogP contribution in [0.15, 0.2) is 60.7 Å². The molecule has 0 saturated carbocycles. The average Bonchev–Trinajstić information content (AvgIpc) is 3.35. The van der Waals surface area contributed by atoms with E-state index >= 15 is 0 Å². The molecule has 2 aromatic carbocycles. The molecular formula is C34H45N5O7. The van der Waals surface area contributed by atoms with Crippen LogP contribution in [0.3, 0.4) is 0 Å². The highest BCUT2D eigenvalue weighted by atomic mass is 16.4. The highest BCUT2D eigenvalue weighted by Crippen LogP contribution is 2.31. The number of amides is 4. The second-order valence-electron chi connectivity index (χ2n) is 13.0. The van der Waals surface area contributed by atoms with Gasteiger partial charge in [-0.15, -0.1) is 0 Å². The van der Waals surface area contributed by atoms with E-state index in [2.05, 4.69) is 21.3 Å². The molecule has 0 radical (unpaired) electrons. The summed E-state index contributed by atoms with van der Waals surface area (Å²) in [5.74, 6) is -3.16. The van der Waals surface area contributed by atoms with Gasteiger partial charge in [-0.25, -0.2) is 14.4 Å². The molecule has 248 valence electrons. The number of anilines is 2. The first-order valence-electron chi connectivity index (χ1n) is 15.3. The number of benzene rings is 2. The quantitative estimate of drug-likeness (QED) is 0.176. The lowest BCUT2D eigenvalue weighted by Crippen LogP contribution is -2.48. The van der Waals surface area contributed by atoms with Crippen molar-refractivity contribution in [2.24, 2.45) is 5.41 Å². The van der Waals surface area contributed by atoms with Gasteiger partial charge in [-0.3, -0.25) is 14.5 Å². The number of aliphatic carboxylic acids is 2. The van der Waals surface area contributed by atoms with Crippen LogP contribution in [0.1, 0.15) is 63.5 Å². The highest BCUT2D eigenvalue weighted by Gasteiger charge is 2.36. The van der Waals surface area contributed by atoms with Gasteiger partial charge in [0.2, 0.25) is 11.8 Å². The van der Waals surface area contributed by atoms with E-state index in [1.165, 1.54) is 12.2 Å². The van der Waals surface area contributed by atoms with Crippen LogP contribution in [-0.4, -0.2) is 76.6 Å². The average molecular weight is 636 g/mol. The summed E-state index contributed by atoms with van der Waals surface area (Å²) in [6.07, 6.45) is 3.59. The van der Waals surface area contributed by atoms with Crippen LogP contribution >= 0.6 is 0 Å². The van der Waals surface area contributed by atoms with Crippen LogP contribution in [0.2, 0.25) is 0 Å². The number of carboxylic acids is 2. The van der Waals surface area contributed by atoms with Crippen LogP contribution in [0.4, 0.5) is 16.2 Å². The van der Waals surface area contributed by atoms with E-state index in [1.807, 2.05) is 76.0 Å². The smallest absolute Gasteiger partial charge is 0.326 e. The van der Waals surface area contributed by atoms with Crippen molar-refractivity contribution >= 4 is 41.2 Å². The third-order valence-electron chi connectivity index (χ3n) is 7.65. The predicted molar refractivity (Wildman–Crippen MR) is 176 cm³/mol. The van der Waals surface area contributed by atoms with E-state index in [4.69, 9.17) is 0 Å². The van der Waals surface area contributed by atoms with Gasteiger partial charge >= 0.3 is 18.0 Å². The van der Waals surface area contributed by atoms with Gasteiger partial charge in [0.25, 0.3) is 0 Å². The number of likely N-dealkylation sites (tertiary alicyclic amines) is 1. The number of rotatable bonds is 13. The Bertz CT molecular complexity index is 1420. The Morgan fingerprint density at radius 2 is 1.35 bits per heavy atom. The van der Waals surface area contributed by atoms with Crippen LogP contribution in [-0.2, 0) is 19.2 Å². The van der Waals surface area contributed by atoms with E-state index in [0.29, 0.717) is 24.3 Å². The van der Waals surface area contributed by atoms with Crippen molar-refractivity contribution in [2.45, 2.75) is 77.4 Å². The third kappa shape index (κ3) is 11.3. The molecule has 1 aliphatic rings. The Hall–Kier alpha value is -4.71. The minimum atomic E-state index is -1.21. The Balaban J connectivity index is 1.51. The zero-order valence-electron chi connectivity index (χ0n) is 27.0. The lowest BCUT2D eigenvalue weighted by molar-refractivity contribution is -0.142. The number of nitrogens with zero attached hydrogens (tertiary/aromatic N) is 1. The second kappa shape index (κ2) is 16.0. The SMILES string of the molecule is Cc1ccc(NC(=O)Nc2ccc(C3CC(C(=O)NC(CC=CCC(NC(=O)CC(C)(C)C)C(=O)O)C(=O)O)N(C)C3)cc2)cc1. The molecule has 46 heavy (non-hydrogen) atoms. The molecule has 12 nitrogen and oxygen atoms in total. The fourth-order valence-electron chi connectivity index (χ4n) is 5.22. The van der Waals surface area contributed by atoms with E-state index < -0.39 is 36.0 Å². The number of aryl methyl sites for hydroxylation is 1. The Morgan fingerprint density at radius 1 is 0.848 bits per heavy atom. The predicted octanol–water partition coefficient (Wildman–Crippen LogP) is 4.34. The van der Waals surface area contributed by atoms with Crippen molar-refractivity contribution in [3.63, 3.8) is 0 Å². The maximum Gasteiger partial charge on any atom is 0.326 e. The maximum atomic E-state index is 13.1. The lowest BCUT2D eigenvalue weighted by atomic mass is 9.92. The molecule has 4 amide bonds. The van der Waals surface area contributed by atoms with Gasteiger partial charge in [0.1, 0.15) is 12.1 Å². The molecule has 0 bridgehead atoms. The Labute approximate surface area is 269 Å². The van der Waals surface area contributed by atoms with Crippen molar-refractivity contribution in [3.05, 3.63) is 71.8 Å². The van der Waals surface area contributed by atoms with Gasteiger partial charge in [-0.1, -0.05) is 62.8 Å². The molecule has 4 unspecified atom stereocenters. The summed E-state index contributed by atoms with van der Waals surface area (Å²) in [6, 6.07) is 11.6. The fraction of sp³-hybridized carbons (Fsp3) is 0.441. The van der Waals surface area contributed by atoms with Gasteiger partial charge in [0, 0.05) is 24.3 Å². The molecule has 1 aliphatic heterocycles. The molecule has 0 aliphatic carbocycles. The molecule has 1 fully saturated rings. The molecular weight excluding hydrogens is 590 g/mol. The van der Waals surface area contributed by atoms with Gasteiger partial charge in [-0.05, 0) is 74.4 Å². The van der Waals surface area contributed by atoms with E-state index in [9.17, 15) is 34.2 Å². The number of carbonyl (C=O) groups is 5. The number of nitrogens with one attached hydrogen (secondary N) is 4. The first-order chi connectivity index (χ1) is 21.6. The van der Waals surface area contributed by atoms with Crippen LogP contribution in [0.25, 0.3) is 0 Å². The fourth-order valence-corrected chi connectivity index (χ4v) is 5.22. The molecule has 1 saturated heterocycles. The van der Waals surface area contributed by atoms with Gasteiger partial charge in [0.05, 0.1) is 6.04 Å². The van der Waals surface area contributed by atoms with Gasteiger partial charge < -0.3 is 31.5 Å². The zero-order chi connectivity index (χ0) is 34.0. The van der Waals surface area contributed by atoms with E-state index in [-0.39, 0.29) is 42.5 Å². The number of carbonyl (C=O) groups excluding carboxylic acids is 3. The van der Waals surface area contributed by atoms with Gasteiger partial charge in [0.15, 0.2) is 0 Å². The minimum absolute atomic E-state index is 0.0235. The molecule has 1 heterocycles. The first-order valence-corrected chi connectivity index (χ1v) is 15.3. The summed E-state index contributed by atoms with van der Waals surface area (Å²) < 4.78 is 0. The second-order valence-corrected chi connectivity index (χ2v) is 13.0. The van der Waals surface area contributed by atoms with Crippen molar-refractivity contribution in [2.75, 3.05) is 24.2 Å². The summed E-state index contributed by atoms with van der Waals surface area (Å²) in [7, 11) is 1.81. The standard InChI is InChI=1S/C34H45N5O7/c1-21-10-14-24(15-11-21)35-33(46)36-25-16-12-22(13-17-25)23-18-28(39(5)20-23)30(41)38-27(32(44)45)9-7-6-8-26(31(42)43)37-29(40)19-34(2,3)4/h6-7,10-17,23,26-28H,8-9,18-20H2,1-5H3,(H,37,40)(H,38,41)(H,42,43)(H,44,45)(H2,35,36,46). The molecule has 6 N–H and O–H groups in total. The summed E-state index contributed by atoms with van der Waals surface area (Å²) in [5.41, 5.74) is 3.09. The molecule has 2 aromatic rings. The Kier molecular flexibility index (Phi) is 12.5. The number of urea groups is 1. The topological polar surface area (TPSA) is 177 Å². The van der Waals surface area contributed by atoms with Crippen molar-refractivity contribution < 1.29 is 34.2 Å². The van der Waals surface area contributed by atoms with Crippen molar-refractivity contribution in [1.29, 1.82) is 0 Å². The van der Waals surface area contributed by atoms with E-state index in [1.54, 1.807) is 12.1 Å². The van der Waals surface area contributed by atoms with Crippen molar-refractivity contribution in [3.8, 4) is 0 Å². The maximum absolute atomic E-state index is 13.1. The summed E-state index contributed by atoms with van der Waals surface area (Å²) in [4.78, 5) is 63.1. The number of likely N-dealkylation sites (N-methyl/N-ethyl adjacent to an activating group) is 1. The first kappa shape index (κ1) is 35.8. The molecule has 0 aromatic heterocycles. The van der Waals surface area contributed by atoms with E-state index in [0.717, 1.165) is 11.1 Å². The molecule has 4 atom stereocenters. The number of carboxylic acid groups (broad SMARTS) is 2. The number of hydrogen-bond acceptors (Lipinski definition) is 6. The normalized spacial score (nSPS) is 18.0. The largest absolute Gasteiger partial charge is 0.480 e. The molecule has 0 spiro atoms. The van der Waals surface area contributed by atoms with Crippen LogP contribution in [0.5, 0.6) is 0 Å². The van der Waals surface area contributed by atoms with Crippen molar-refractivity contribution in [1.82, 2.24) is 15.5 Å². The number of hydrogen-bond donors (Lipinski definition) is 6. The highest BCUT2D eigenvalue weighted by molar-refractivity contribution is 5.99. The molecule has 12 heteroatoms. The minimum Gasteiger partial charge on any atom is -0.480 e. The summed E-state index contributed by atoms with van der Waals surface area (Å²) in [5, 5.41) is 29.9. The summed E-state index contributed by atoms with van der Waals surface area (Å²) in [6.45, 7) is 8.18.